The van der Waals surface area contributed by atoms with E-state index in [4.69, 9.17) is 0 Å². The van der Waals surface area contributed by atoms with Crippen molar-refractivity contribution in [2.75, 3.05) is 28.2 Å². The third-order valence-corrected chi connectivity index (χ3v) is 11.1. The first-order chi connectivity index (χ1) is 28.3. The Balaban J connectivity index is 2.09. The molecule has 8 amide bonds. The van der Waals surface area contributed by atoms with E-state index in [0.29, 0.717) is 11.1 Å². The van der Waals surface area contributed by atoms with Crippen molar-refractivity contribution in [2.24, 2.45) is 0 Å². The second-order valence-corrected chi connectivity index (χ2v) is 15.2. The van der Waals surface area contributed by atoms with E-state index in [1.165, 1.54) is 68.0 Å². The van der Waals surface area contributed by atoms with Crippen molar-refractivity contribution in [1.82, 2.24) is 40.9 Å². The third kappa shape index (κ3) is 12.3. The van der Waals surface area contributed by atoms with E-state index in [1.807, 2.05) is 0 Å². The molecular weight excluding hydrogens is 769 g/mol. The first-order valence-electron chi connectivity index (χ1n) is 19.9. The van der Waals surface area contributed by atoms with Gasteiger partial charge in [0.15, 0.2) is 0 Å². The lowest BCUT2D eigenvalue weighted by Gasteiger charge is -2.34. The molecule has 0 saturated carbocycles. The summed E-state index contributed by atoms with van der Waals surface area (Å²) >= 11 is 0. The van der Waals surface area contributed by atoms with Gasteiger partial charge in [0.25, 0.3) is 0 Å². The van der Waals surface area contributed by atoms with Crippen LogP contribution >= 0.6 is 0 Å². The molecule has 324 valence electrons. The van der Waals surface area contributed by atoms with Crippen LogP contribution in [0.5, 0.6) is 0 Å². The van der Waals surface area contributed by atoms with E-state index >= 15 is 0 Å². The fourth-order valence-electron chi connectivity index (χ4n) is 6.50. The highest BCUT2D eigenvalue weighted by Crippen LogP contribution is 2.14. The predicted octanol–water partition coefficient (Wildman–Crippen LogP) is 0.964. The van der Waals surface area contributed by atoms with Gasteiger partial charge in [0.05, 0.1) is 0 Å². The molecule has 1 aliphatic heterocycles. The largest absolute Gasteiger partial charge is 0.342 e. The van der Waals surface area contributed by atoms with E-state index in [9.17, 15) is 38.4 Å². The minimum atomic E-state index is -1.18. The second-order valence-electron chi connectivity index (χ2n) is 15.2. The summed E-state index contributed by atoms with van der Waals surface area (Å²) in [6.45, 7) is 13.3. The van der Waals surface area contributed by atoms with Crippen LogP contribution in [0, 0.1) is 0 Å². The Kier molecular flexibility index (Phi) is 17.7. The zero-order valence-electron chi connectivity index (χ0n) is 35.8. The van der Waals surface area contributed by atoms with Crippen molar-refractivity contribution in [3.63, 3.8) is 0 Å². The quantitative estimate of drug-likeness (QED) is 0.283. The molecule has 16 heteroatoms. The van der Waals surface area contributed by atoms with Crippen molar-refractivity contribution in [2.45, 2.75) is 102 Å². The molecule has 0 radical (unpaired) electrons. The van der Waals surface area contributed by atoms with Crippen LogP contribution in [0.4, 0.5) is 0 Å². The Labute approximate surface area is 352 Å². The first kappa shape index (κ1) is 48.1. The van der Waals surface area contributed by atoms with Crippen LogP contribution in [0.1, 0.15) is 51.7 Å². The summed E-state index contributed by atoms with van der Waals surface area (Å²) in [5, 5.41) is 10.9. The zero-order chi connectivity index (χ0) is 44.8. The summed E-state index contributed by atoms with van der Waals surface area (Å²) in [7, 11) is 5.58. The van der Waals surface area contributed by atoms with Gasteiger partial charge < -0.3 is 40.9 Å². The number of hydrogen-bond acceptors (Lipinski definition) is 8. The first-order valence-corrected chi connectivity index (χ1v) is 19.9. The molecule has 4 N–H and O–H groups in total. The van der Waals surface area contributed by atoms with Gasteiger partial charge in [-0.1, -0.05) is 72.8 Å². The van der Waals surface area contributed by atoms with Gasteiger partial charge in [0, 0.05) is 41.0 Å². The lowest BCUT2D eigenvalue weighted by atomic mass is 10.0. The van der Waals surface area contributed by atoms with Crippen LogP contribution in [0.25, 0.3) is 0 Å². The lowest BCUT2D eigenvalue weighted by molar-refractivity contribution is -0.146. The Hall–Kier alpha value is -6.32. The molecule has 0 aromatic heterocycles. The highest BCUT2D eigenvalue weighted by molar-refractivity contribution is 5.98. The molecule has 1 heterocycles. The SMILES string of the molecule is C=CC[C@@H]1NC(=O)[C@@H](C)N(C)C(=O)[C@H](Cc2ccccc2)NC(=O)[C@@H](C)N(C)C(=O)[C@H](CC=C)NC(=O)[C@@H](C)N(C)C(=O)[C@H](Cc2ccccc2)NC(=O)[C@@H](C)N(C)C1=O. The van der Waals surface area contributed by atoms with Gasteiger partial charge >= 0.3 is 0 Å². The van der Waals surface area contributed by atoms with E-state index in [-0.39, 0.29) is 25.7 Å². The number of carbonyl (C=O) groups is 8. The number of likely N-dealkylation sites (N-methyl/N-ethyl adjacent to an activating group) is 4. The van der Waals surface area contributed by atoms with Crippen LogP contribution in [0.15, 0.2) is 86.0 Å². The monoisotopic (exact) mass is 828 g/mol. The van der Waals surface area contributed by atoms with Crippen LogP contribution < -0.4 is 21.3 Å². The van der Waals surface area contributed by atoms with Crippen molar-refractivity contribution in [3.05, 3.63) is 97.1 Å². The fraction of sp³-hybridized carbons (Fsp3) is 0.455. The summed E-state index contributed by atoms with van der Waals surface area (Å²) in [5.74, 6) is -5.23. The second kappa shape index (κ2) is 22.2. The summed E-state index contributed by atoms with van der Waals surface area (Å²) in [6, 6.07) is 8.54. The van der Waals surface area contributed by atoms with Crippen molar-refractivity contribution >= 4 is 47.3 Å². The van der Waals surface area contributed by atoms with E-state index in [0.717, 1.165) is 19.6 Å². The van der Waals surface area contributed by atoms with Crippen LogP contribution in [0.2, 0.25) is 0 Å². The van der Waals surface area contributed by atoms with Crippen LogP contribution in [-0.2, 0) is 51.2 Å². The summed E-state index contributed by atoms with van der Waals surface area (Å²) in [5.41, 5.74) is 1.42. The van der Waals surface area contributed by atoms with E-state index in [1.54, 1.807) is 60.7 Å². The normalized spacial score (nSPS) is 26.4. The van der Waals surface area contributed by atoms with Gasteiger partial charge in [-0.2, -0.15) is 0 Å². The van der Waals surface area contributed by atoms with Crippen LogP contribution in [0.3, 0.4) is 0 Å². The third-order valence-electron chi connectivity index (χ3n) is 11.1. The molecule has 0 aliphatic carbocycles. The molecule has 0 spiro atoms. The maximum absolute atomic E-state index is 14.1. The van der Waals surface area contributed by atoms with Gasteiger partial charge in [-0.05, 0) is 51.7 Å². The standard InChI is InChI=1S/C44H60N8O8/c1-11-19-33-41(57)49(7)29(5)39(55)47-36(26-32-23-17-14-18-24-32)44(60)52(10)28(4)38(54)46-34(20-12-2)42(58)50(8)30(6)40(56)48-35(25-31-21-15-13-16-22-31)43(59)51(9)27(3)37(53)45-33/h11-18,21-24,27-30,33-36H,1-2,19-20,25-26H2,3-10H3,(H,45,53)(H,46,54)(H,47,55)(H,48,56)/t27-,28-,29-,30-,33+,34+,35+,36+/m1/s1. The molecule has 0 unspecified atom stereocenters. The molecule has 2 aromatic carbocycles. The van der Waals surface area contributed by atoms with Crippen molar-refractivity contribution in [1.29, 1.82) is 0 Å². The summed E-state index contributed by atoms with van der Waals surface area (Å²) in [4.78, 5) is 116. The van der Waals surface area contributed by atoms with E-state index in [2.05, 4.69) is 34.4 Å². The number of nitrogens with zero attached hydrogens (tertiary/aromatic N) is 4. The molecule has 8 atom stereocenters. The minimum absolute atomic E-state index is 0.0159. The molecule has 1 saturated heterocycles. The Bertz CT molecular complexity index is 1760. The highest BCUT2D eigenvalue weighted by atomic mass is 16.2. The fourth-order valence-corrected chi connectivity index (χ4v) is 6.50. The Morgan fingerprint density at radius 2 is 0.667 bits per heavy atom. The maximum Gasteiger partial charge on any atom is 0.245 e. The maximum atomic E-state index is 14.1. The molecule has 1 aliphatic rings. The summed E-state index contributed by atoms with van der Waals surface area (Å²) < 4.78 is 0. The van der Waals surface area contributed by atoms with Gasteiger partial charge in [-0.3, -0.25) is 38.4 Å². The van der Waals surface area contributed by atoms with Crippen molar-refractivity contribution in [3.8, 4) is 0 Å². The molecule has 0 bridgehead atoms. The molecule has 16 nitrogen and oxygen atoms in total. The lowest BCUT2D eigenvalue weighted by Crippen LogP contribution is -2.61. The number of amides is 8. The number of rotatable bonds is 8. The van der Waals surface area contributed by atoms with Gasteiger partial charge in [0.2, 0.25) is 47.3 Å². The van der Waals surface area contributed by atoms with Gasteiger partial charge in [0.1, 0.15) is 48.3 Å². The zero-order valence-corrected chi connectivity index (χ0v) is 35.8. The topological polar surface area (TPSA) is 198 Å². The van der Waals surface area contributed by atoms with Crippen molar-refractivity contribution < 1.29 is 38.4 Å². The number of nitrogens with one attached hydrogen (secondary N) is 4. The minimum Gasteiger partial charge on any atom is -0.342 e. The average molecular weight is 829 g/mol. The number of hydrogen-bond donors (Lipinski definition) is 4. The average Bonchev–Trinajstić information content (AvgIpc) is 3.25. The Morgan fingerprint density at radius 1 is 0.433 bits per heavy atom. The van der Waals surface area contributed by atoms with Gasteiger partial charge in [-0.15, -0.1) is 13.2 Å². The molecular formula is C44H60N8O8. The molecule has 2 aromatic rings. The Morgan fingerprint density at radius 3 is 0.917 bits per heavy atom. The smallest absolute Gasteiger partial charge is 0.245 e. The van der Waals surface area contributed by atoms with Gasteiger partial charge in [-0.25, -0.2) is 0 Å². The summed E-state index contributed by atoms with van der Waals surface area (Å²) in [6.07, 6.45) is 2.93. The van der Waals surface area contributed by atoms with Crippen LogP contribution in [-0.4, -0.2) is 143 Å². The molecule has 3 rings (SSSR count). The highest BCUT2D eigenvalue weighted by Gasteiger charge is 2.38. The molecule has 60 heavy (non-hydrogen) atoms. The van der Waals surface area contributed by atoms with E-state index < -0.39 is 95.6 Å². The predicted molar refractivity (Wildman–Crippen MR) is 227 cm³/mol. The number of benzene rings is 2. The molecule has 1 fully saturated rings. The number of carbonyl (C=O) groups excluding carboxylic acids is 8.